The van der Waals surface area contributed by atoms with E-state index < -0.39 is 0 Å². The van der Waals surface area contributed by atoms with Crippen LogP contribution in [-0.4, -0.2) is 34.5 Å². The third-order valence-corrected chi connectivity index (χ3v) is 4.44. The molecule has 1 aromatic heterocycles. The van der Waals surface area contributed by atoms with Gasteiger partial charge >= 0.3 is 6.03 Å². The van der Waals surface area contributed by atoms with Gasteiger partial charge in [-0.05, 0) is 36.0 Å². The fourth-order valence-electron chi connectivity index (χ4n) is 2.68. The summed E-state index contributed by atoms with van der Waals surface area (Å²) in [6.45, 7) is 5.49. The average Bonchev–Trinajstić information content (AvgIpc) is 2.87. The van der Waals surface area contributed by atoms with Gasteiger partial charge in [-0.1, -0.05) is 13.8 Å². The van der Waals surface area contributed by atoms with Crippen LogP contribution in [-0.2, 0) is 6.54 Å². The molecule has 0 unspecified atom stereocenters. The van der Waals surface area contributed by atoms with Gasteiger partial charge in [-0.3, -0.25) is 0 Å². The standard InChI is InChI=1S/C16H21FN4O/c1-16(2)7-10(16)8-18-15(22)21(3)9-14-19-12-5-4-11(17)6-13(12)20-14/h4-6,10H,7-9H2,1-3H3,(H,18,22)(H,19,20)/t10-/m1/s1. The summed E-state index contributed by atoms with van der Waals surface area (Å²) >= 11 is 0. The first kappa shape index (κ1) is 14.8. The summed E-state index contributed by atoms with van der Waals surface area (Å²) in [5.74, 6) is 0.907. The normalized spacial score (nSPS) is 19.2. The molecule has 22 heavy (non-hydrogen) atoms. The van der Waals surface area contributed by atoms with Crippen LogP contribution in [0.3, 0.4) is 0 Å². The van der Waals surface area contributed by atoms with Crippen molar-refractivity contribution >= 4 is 17.1 Å². The molecule has 0 bridgehead atoms. The first-order chi connectivity index (χ1) is 10.3. The van der Waals surface area contributed by atoms with E-state index >= 15 is 0 Å². The van der Waals surface area contributed by atoms with Crippen molar-refractivity contribution in [3.8, 4) is 0 Å². The number of H-pyrrole nitrogens is 1. The van der Waals surface area contributed by atoms with Gasteiger partial charge in [0.1, 0.15) is 11.6 Å². The maximum atomic E-state index is 13.2. The van der Waals surface area contributed by atoms with Crippen LogP contribution >= 0.6 is 0 Å². The van der Waals surface area contributed by atoms with E-state index in [0.29, 0.717) is 41.3 Å². The molecule has 1 atom stereocenters. The number of urea groups is 1. The molecule has 0 radical (unpaired) electrons. The molecule has 0 saturated heterocycles. The van der Waals surface area contributed by atoms with Crippen LogP contribution in [0.1, 0.15) is 26.1 Å². The molecule has 0 aliphatic heterocycles. The van der Waals surface area contributed by atoms with Gasteiger partial charge in [0.15, 0.2) is 0 Å². The van der Waals surface area contributed by atoms with Gasteiger partial charge in [0, 0.05) is 13.6 Å². The minimum absolute atomic E-state index is 0.116. The molecule has 2 amide bonds. The molecule has 3 rings (SSSR count). The number of hydrogen-bond acceptors (Lipinski definition) is 2. The number of nitrogens with zero attached hydrogens (tertiary/aromatic N) is 2. The first-order valence-corrected chi connectivity index (χ1v) is 7.48. The van der Waals surface area contributed by atoms with Crippen LogP contribution in [0.4, 0.5) is 9.18 Å². The highest BCUT2D eigenvalue weighted by Gasteiger charge is 2.45. The van der Waals surface area contributed by atoms with Gasteiger partial charge in [-0.2, -0.15) is 0 Å². The zero-order valence-electron chi connectivity index (χ0n) is 13.1. The predicted molar refractivity (Wildman–Crippen MR) is 82.8 cm³/mol. The van der Waals surface area contributed by atoms with Crippen molar-refractivity contribution in [1.29, 1.82) is 0 Å². The topological polar surface area (TPSA) is 61.0 Å². The zero-order valence-corrected chi connectivity index (χ0v) is 13.1. The molecule has 1 aliphatic rings. The minimum Gasteiger partial charge on any atom is -0.340 e. The highest BCUT2D eigenvalue weighted by Crippen LogP contribution is 2.50. The molecule has 6 heteroatoms. The van der Waals surface area contributed by atoms with Crippen LogP contribution in [0, 0.1) is 17.2 Å². The molecule has 1 saturated carbocycles. The Morgan fingerprint density at radius 3 is 2.95 bits per heavy atom. The summed E-state index contributed by atoms with van der Waals surface area (Å²) in [5, 5.41) is 2.95. The molecule has 1 fully saturated rings. The molecule has 5 nitrogen and oxygen atoms in total. The average molecular weight is 304 g/mol. The second kappa shape index (κ2) is 5.26. The molecule has 118 valence electrons. The van der Waals surface area contributed by atoms with Crippen molar-refractivity contribution in [2.24, 2.45) is 11.3 Å². The van der Waals surface area contributed by atoms with Crippen molar-refractivity contribution in [2.45, 2.75) is 26.8 Å². The third-order valence-electron chi connectivity index (χ3n) is 4.44. The van der Waals surface area contributed by atoms with Crippen molar-refractivity contribution in [2.75, 3.05) is 13.6 Å². The lowest BCUT2D eigenvalue weighted by molar-refractivity contribution is 0.205. The van der Waals surface area contributed by atoms with E-state index in [-0.39, 0.29) is 11.8 Å². The summed E-state index contributed by atoms with van der Waals surface area (Å²) in [5.41, 5.74) is 1.70. The Balaban J connectivity index is 1.57. The molecule has 1 heterocycles. The van der Waals surface area contributed by atoms with Crippen molar-refractivity contribution in [3.05, 3.63) is 29.8 Å². The highest BCUT2D eigenvalue weighted by molar-refractivity contribution is 5.76. The number of hydrogen-bond donors (Lipinski definition) is 2. The number of amides is 2. The van der Waals surface area contributed by atoms with E-state index in [2.05, 4.69) is 29.1 Å². The van der Waals surface area contributed by atoms with Crippen LogP contribution in [0.25, 0.3) is 11.0 Å². The highest BCUT2D eigenvalue weighted by atomic mass is 19.1. The maximum absolute atomic E-state index is 13.2. The Morgan fingerprint density at radius 2 is 2.27 bits per heavy atom. The number of rotatable bonds is 4. The second-order valence-corrected chi connectivity index (χ2v) is 6.78. The summed E-state index contributed by atoms with van der Waals surface area (Å²) in [7, 11) is 1.72. The predicted octanol–water partition coefficient (Wildman–Crippen LogP) is 2.89. The lowest BCUT2D eigenvalue weighted by atomic mass is 10.1. The second-order valence-electron chi connectivity index (χ2n) is 6.78. The Morgan fingerprint density at radius 1 is 1.55 bits per heavy atom. The lowest BCUT2D eigenvalue weighted by Gasteiger charge is -2.17. The molecule has 1 aromatic carbocycles. The molecule has 0 spiro atoms. The van der Waals surface area contributed by atoms with Crippen LogP contribution in [0.2, 0.25) is 0 Å². The summed E-state index contributed by atoms with van der Waals surface area (Å²) in [4.78, 5) is 21.0. The van der Waals surface area contributed by atoms with Crippen molar-refractivity contribution in [3.63, 3.8) is 0 Å². The number of aromatic nitrogens is 2. The van der Waals surface area contributed by atoms with Gasteiger partial charge in [-0.25, -0.2) is 14.2 Å². The fourth-order valence-corrected chi connectivity index (χ4v) is 2.68. The van der Waals surface area contributed by atoms with Gasteiger partial charge in [0.25, 0.3) is 0 Å². The Kier molecular flexibility index (Phi) is 3.54. The van der Waals surface area contributed by atoms with E-state index in [9.17, 15) is 9.18 Å². The van der Waals surface area contributed by atoms with Crippen LogP contribution < -0.4 is 5.32 Å². The van der Waals surface area contributed by atoms with Gasteiger partial charge in [0.2, 0.25) is 0 Å². The quantitative estimate of drug-likeness (QED) is 0.912. The van der Waals surface area contributed by atoms with Crippen molar-refractivity contribution in [1.82, 2.24) is 20.2 Å². The third kappa shape index (κ3) is 3.05. The number of carbonyl (C=O) groups excluding carboxylic acids is 1. The van der Waals surface area contributed by atoms with Gasteiger partial charge in [0.05, 0.1) is 17.6 Å². The Bertz CT molecular complexity index is 709. The van der Waals surface area contributed by atoms with Gasteiger partial charge in [-0.15, -0.1) is 0 Å². The van der Waals surface area contributed by atoms with E-state index in [1.54, 1.807) is 18.0 Å². The fraction of sp³-hybridized carbons (Fsp3) is 0.500. The van der Waals surface area contributed by atoms with Crippen LogP contribution in [0.15, 0.2) is 18.2 Å². The van der Waals surface area contributed by atoms with E-state index in [0.717, 1.165) is 6.42 Å². The lowest BCUT2D eigenvalue weighted by Crippen LogP contribution is -2.38. The Hall–Kier alpha value is -2.11. The summed E-state index contributed by atoms with van der Waals surface area (Å²) in [6, 6.07) is 4.29. The largest absolute Gasteiger partial charge is 0.340 e. The molecule has 1 aliphatic carbocycles. The molecule has 2 N–H and O–H groups in total. The smallest absolute Gasteiger partial charge is 0.317 e. The van der Waals surface area contributed by atoms with E-state index in [1.807, 2.05) is 0 Å². The van der Waals surface area contributed by atoms with E-state index in [1.165, 1.54) is 12.1 Å². The van der Waals surface area contributed by atoms with Crippen LogP contribution in [0.5, 0.6) is 0 Å². The first-order valence-electron chi connectivity index (χ1n) is 7.48. The summed E-state index contributed by atoms with van der Waals surface area (Å²) < 4.78 is 13.2. The summed E-state index contributed by atoms with van der Waals surface area (Å²) in [6.07, 6.45) is 1.16. The molecular weight excluding hydrogens is 283 g/mol. The number of benzene rings is 1. The monoisotopic (exact) mass is 304 g/mol. The number of fused-ring (bicyclic) bond motifs is 1. The Labute approximate surface area is 128 Å². The number of nitrogens with one attached hydrogen (secondary N) is 2. The van der Waals surface area contributed by atoms with Crippen molar-refractivity contribution < 1.29 is 9.18 Å². The molecule has 2 aromatic rings. The number of aromatic amines is 1. The zero-order chi connectivity index (χ0) is 15.9. The SMILES string of the molecule is CN(Cc1nc2ccc(F)cc2[nH]1)C(=O)NC[C@H]1CC1(C)C. The minimum atomic E-state index is -0.305. The van der Waals surface area contributed by atoms with E-state index in [4.69, 9.17) is 0 Å². The number of halogens is 1. The number of carbonyl (C=O) groups is 1. The van der Waals surface area contributed by atoms with Gasteiger partial charge < -0.3 is 15.2 Å². The maximum Gasteiger partial charge on any atom is 0.317 e. The molecular formula is C16H21FN4O. The number of imidazole rings is 1.